The number of hydrogen-bond donors (Lipinski definition) is 2. The van der Waals surface area contributed by atoms with Crippen molar-refractivity contribution >= 4 is 36.9 Å². The van der Waals surface area contributed by atoms with Crippen LogP contribution < -0.4 is 10.5 Å². The summed E-state index contributed by atoms with van der Waals surface area (Å²) in [6, 6.07) is 9.63. The van der Waals surface area contributed by atoms with Gasteiger partial charge in [0.15, 0.2) is 0 Å². The molecule has 22 heavy (non-hydrogen) atoms. The lowest BCUT2D eigenvalue weighted by molar-refractivity contribution is -0.140. The number of carbonyl (C=O) groups is 2. The molecule has 0 aliphatic heterocycles. The Hall–Kier alpha value is -1.27. The SMILES string of the molecule is CCC(SCC(NC(C)=O)C(=O)O)[Si](C)(C)c1ccccc1. The van der Waals surface area contributed by atoms with Crippen molar-refractivity contribution in [3.63, 3.8) is 0 Å². The van der Waals surface area contributed by atoms with E-state index in [-0.39, 0.29) is 5.91 Å². The second-order valence-corrected chi connectivity index (χ2v) is 12.3. The summed E-state index contributed by atoms with van der Waals surface area (Å²) in [7, 11) is -1.69. The van der Waals surface area contributed by atoms with Crippen molar-refractivity contribution < 1.29 is 14.7 Å². The van der Waals surface area contributed by atoms with Gasteiger partial charge in [0.1, 0.15) is 6.04 Å². The predicted octanol–water partition coefficient (Wildman–Crippen LogP) is 2.24. The molecule has 4 nitrogen and oxygen atoms in total. The smallest absolute Gasteiger partial charge is 0.327 e. The zero-order valence-corrected chi connectivity index (χ0v) is 15.4. The molecule has 0 radical (unpaired) electrons. The Morgan fingerprint density at radius 3 is 2.32 bits per heavy atom. The molecule has 122 valence electrons. The molecule has 0 saturated heterocycles. The maximum Gasteiger partial charge on any atom is 0.327 e. The van der Waals surface area contributed by atoms with Gasteiger partial charge < -0.3 is 10.4 Å². The summed E-state index contributed by atoms with van der Waals surface area (Å²) in [5.74, 6) is -0.881. The van der Waals surface area contributed by atoms with Gasteiger partial charge in [-0.15, -0.1) is 0 Å². The van der Waals surface area contributed by atoms with Gasteiger partial charge in [0, 0.05) is 17.5 Å². The van der Waals surface area contributed by atoms with Crippen LogP contribution in [0.15, 0.2) is 30.3 Å². The van der Waals surface area contributed by atoms with Crippen LogP contribution in [0.5, 0.6) is 0 Å². The molecule has 0 fully saturated rings. The van der Waals surface area contributed by atoms with Crippen molar-refractivity contribution in [1.82, 2.24) is 5.32 Å². The Balaban J connectivity index is 2.79. The topological polar surface area (TPSA) is 66.4 Å². The minimum atomic E-state index is -1.69. The maximum absolute atomic E-state index is 11.2. The van der Waals surface area contributed by atoms with Gasteiger partial charge in [0.25, 0.3) is 0 Å². The third-order valence-corrected chi connectivity index (χ3v) is 11.2. The molecule has 1 rings (SSSR count). The molecule has 0 aromatic heterocycles. The van der Waals surface area contributed by atoms with Crippen LogP contribution in [-0.4, -0.2) is 41.7 Å². The number of carboxylic acid groups (broad SMARTS) is 1. The predicted molar refractivity (Wildman–Crippen MR) is 95.3 cm³/mol. The Bertz CT molecular complexity index is 507. The molecule has 1 aromatic carbocycles. The molecule has 2 unspecified atom stereocenters. The standard InChI is InChI=1S/C16H25NO3SSi/c1-5-15(21-11-14(16(19)20)17-12(2)18)22(3,4)13-9-7-6-8-10-13/h6-10,14-15H,5,11H2,1-4H3,(H,17,18)(H,19,20). The molecule has 0 saturated carbocycles. The number of amides is 1. The molecule has 6 heteroatoms. The van der Waals surface area contributed by atoms with Gasteiger partial charge in [-0.2, -0.15) is 11.8 Å². The average molecular weight is 340 g/mol. The Kier molecular flexibility index (Phi) is 7.15. The number of hydrogen-bond acceptors (Lipinski definition) is 3. The first-order chi connectivity index (χ1) is 10.3. The molecule has 2 N–H and O–H groups in total. The molecule has 0 aliphatic carbocycles. The molecular weight excluding hydrogens is 314 g/mol. The molecular formula is C16H25NO3SSi. The highest BCUT2D eigenvalue weighted by atomic mass is 32.2. The Morgan fingerprint density at radius 1 is 1.27 bits per heavy atom. The van der Waals surface area contributed by atoms with E-state index >= 15 is 0 Å². The number of aliphatic carboxylic acids is 1. The number of benzene rings is 1. The fourth-order valence-electron chi connectivity index (χ4n) is 2.52. The summed E-state index contributed by atoms with van der Waals surface area (Å²) in [5.41, 5.74) is 0. The van der Waals surface area contributed by atoms with Crippen LogP contribution in [0.2, 0.25) is 13.1 Å². The van der Waals surface area contributed by atoms with Gasteiger partial charge in [0.2, 0.25) is 5.91 Å². The van der Waals surface area contributed by atoms with E-state index in [0.717, 1.165) is 6.42 Å². The molecule has 0 aliphatic rings. The fourth-order valence-corrected chi connectivity index (χ4v) is 8.22. The van der Waals surface area contributed by atoms with E-state index in [2.05, 4.69) is 49.6 Å². The van der Waals surface area contributed by atoms with Crippen molar-refractivity contribution in [3.8, 4) is 0 Å². The summed E-state index contributed by atoms with van der Waals surface area (Å²) in [4.78, 5) is 22.8. The lowest BCUT2D eigenvalue weighted by atomic mass is 10.3. The number of carbonyl (C=O) groups excluding carboxylic acids is 1. The number of thioether (sulfide) groups is 1. The van der Waals surface area contributed by atoms with Crippen LogP contribution in [0.3, 0.4) is 0 Å². The van der Waals surface area contributed by atoms with Gasteiger partial charge in [0.05, 0.1) is 8.07 Å². The molecule has 2 atom stereocenters. The maximum atomic E-state index is 11.2. The van der Waals surface area contributed by atoms with Gasteiger partial charge >= 0.3 is 5.97 Å². The van der Waals surface area contributed by atoms with E-state index in [1.54, 1.807) is 11.8 Å². The molecule has 0 heterocycles. The summed E-state index contributed by atoms with van der Waals surface area (Å²) in [6.45, 7) is 8.12. The monoisotopic (exact) mass is 339 g/mol. The zero-order valence-electron chi connectivity index (χ0n) is 13.6. The van der Waals surface area contributed by atoms with Crippen molar-refractivity contribution in [2.75, 3.05) is 5.75 Å². The highest BCUT2D eigenvalue weighted by Gasteiger charge is 2.34. The van der Waals surface area contributed by atoms with E-state index < -0.39 is 20.1 Å². The highest BCUT2D eigenvalue weighted by Crippen LogP contribution is 2.26. The van der Waals surface area contributed by atoms with E-state index in [9.17, 15) is 14.7 Å². The number of nitrogens with one attached hydrogen (secondary N) is 1. The first-order valence-corrected chi connectivity index (χ1v) is 11.6. The normalized spacial score (nSPS) is 14.2. The zero-order chi connectivity index (χ0) is 16.8. The summed E-state index contributed by atoms with van der Waals surface area (Å²) in [6.07, 6.45) is 0.991. The average Bonchev–Trinajstić information content (AvgIpc) is 2.46. The second kappa shape index (κ2) is 8.38. The Labute approximate surface area is 137 Å². The summed E-state index contributed by atoms with van der Waals surface area (Å²) in [5, 5.41) is 13.1. The lowest BCUT2D eigenvalue weighted by Gasteiger charge is -2.32. The quantitative estimate of drug-likeness (QED) is 0.713. The van der Waals surface area contributed by atoms with Crippen molar-refractivity contribution in [1.29, 1.82) is 0 Å². The van der Waals surface area contributed by atoms with Crippen molar-refractivity contribution in [3.05, 3.63) is 30.3 Å². The largest absolute Gasteiger partial charge is 0.480 e. The summed E-state index contributed by atoms with van der Waals surface area (Å²) >= 11 is 1.67. The van der Waals surface area contributed by atoms with Gasteiger partial charge in [-0.25, -0.2) is 4.79 Å². The first kappa shape index (κ1) is 18.8. The first-order valence-electron chi connectivity index (χ1n) is 7.46. The van der Waals surface area contributed by atoms with E-state index in [4.69, 9.17) is 0 Å². The van der Waals surface area contributed by atoms with E-state index in [1.807, 2.05) is 6.07 Å². The molecule has 1 aromatic rings. The minimum Gasteiger partial charge on any atom is -0.480 e. The van der Waals surface area contributed by atoms with Crippen LogP contribution in [0, 0.1) is 0 Å². The number of carboxylic acids is 1. The van der Waals surface area contributed by atoms with Crippen LogP contribution in [0.4, 0.5) is 0 Å². The molecule has 0 spiro atoms. The molecule has 1 amide bonds. The van der Waals surface area contributed by atoms with Crippen LogP contribution >= 0.6 is 11.8 Å². The van der Waals surface area contributed by atoms with Crippen LogP contribution in [-0.2, 0) is 9.59 Å². The van der Waals surface area contributed by atoms with Crippen LogP contribution in [0.1, 0.15) is 20.3 Å². The van der Waals surface area contributed by atoms with Gasteiger partial charge in [-0.05, 0) is 6.42 Å². The lowest BCUT2D eigenvalue weighted by Crippen LogP contribution is -2.52. The van der Waals surface area contributed by atoms with Crippen molar-refractivity contribution in [2.45, 2.75) is 44.3 Å². The van der Waals surface area contributed by atoms with Gasteiger partial charge in [-0.3, -0.25) is 4.79 Å². The van der Waals surface area contributed by atoms with E-state index in [0.29, 0.717) is 10.6 Å². The summed E-state index contributed by atoms with van der Waals surface area (Å²) < 4.78 is 0. The Morgan fingerprint density at radius 2 is 1.86 bits per heavy atom. The van der Waals surface area contributed by atoms with Crippen molar-refractivity contribution in [2.24, 2.45) is 0 Å². The number of rotatable bonds is 8. The second-order valence-electron chi connectivity index (χ2n) is 5.91. The highest BCUT2D eigenvalue weighted by molar-refractivity contribution is 8.01. The molecule has 0 bridgehead atoms. The van der Waals surface area contributed by atoms with Crippen LogP contribution in [0.25, 0.3) is 0 Å². The minimum absolute atomic E-state index is 0.305. The van der Waals surface area contributed by atoms with E-state index in [1.165, 1.54) is 12.1 Å². The third-order valence-electron chi connectivity index (χ3n) is 3.83. The fraction of sp³-hybridized carbons (Fsp3) is 0.500. The van der Waals surface area contributed by atoms with Gasteiger partial charge in [-0.1, -0.05) is 55.5 Å². The third kappa shape index (κ3) is 5.17.